The lowest BCUT2D eigenvalue weighted by Gasteiger charge is -2.35. The van der Waals surface area contributed by atoms with Gasteiger partial charge in [0.15, 0.2) is 0 Å². The molecule has 0 aromatic carbocycles. The number of ketones is 1. The molecule has 2 nitrogen and oxygen atoms in total. The van der Waals surface area contributed by atoms with E-state index in [9.17, 15) is 4.79 Å². The zero-order chi connectivity index (χ0) is 9.26. The maximum absolute atomic E-state index is 11.2. The second-order valence-electron chi connectivity index (χ2n) is 4.59. The van der Waals surface area contributed by atoms with E-state index in [4.69, 9.17) is 0 Å². The predicted molar refractivity (Wildman–Crippen MR) is 52.6 cm³/mol. The average molecular weight is 181 g/mol. The molecule has 2 aliphatic rings. The van der Waals surface area contributed by atoms with Crippen molar-refractivity contribution in [1.82, 2.24) is 4.90 Å². The summed E-state index contributed by atoms with van der Waals surface area (Å²) < 4.78 is 0. The Balaban J connectivity index is 1.94. The third kappa shape index (κ3) is 1.93. The summed E-state index contributed by atoms with van der Waals surface area (Å²) in [6, 6.07) is 0.709. The van der Waals surface area contributed by atoms with E-state index in [0.29, 0.717) is 11.8 Å². The van der Waals surface area contributed by atoms with Crippen molar-refractivity contribution in [3.05, 3.63) is 0 Å². The van der Waals surface area contributed by atoms with E-state index in [2.05, 4.69) is 11.8 Å². The standard InChI is InChI=1S/C11H19NO/c1-9-4-2-3-5-11(9)12-7-6-10(13)8-12/h9,11H,2-8H2,1H3. The molecule has 0 radical (unpaired) electrons. The van der Waals surface area contributed by atoms with Crippen molar-refractivity contribution < 1.29 is 4.79 Å². The lowest BCUT2D eigenvalue weighted by Crippen LogP contribution is -2.40. The molecule has 74 valence electrons. The molecule has 1 aliphatic heterocycles. The first kappa shape index (κ1) is 9.20. The molecular weight excluding hydrogens is 162 g/mol. The van der Waals surface area contributed by atoms with Crippen LogP contribution in [0.3, 0.4) is 0 Å². The Morgan fingerprint density at radius 2 is 2.08 bits per heavy atom. The second-order valence-corrected chi connectivity index (χ2v) is 4.59. The van der Waals surface area contributed by atoms with Crippen molar-refractivity contribution in [3.8, 4) is 0 Å². The number of likely N-dealkylation sites (tertiary alicyclic amines) is 1. The van der Waals surface area contributed by atoms with Crippen LogP contribution in [0.5, 0.6) is 0 Å². The third-order valence-corrected chi connectivity index (χ3v) is 3.59. The van der Waals surface area contributed by atoms with E-state index in [1.165, 1.54) is 25.7 Å². The molecule has 13 heavy (non-hydrogen) atoms. The van der Waals surface area contributed by atoms with Gasteiger partial charge in [-0.25, -0.2) is 0 Å². The van der Waals surface area contributed by atoms with Crippen molar-refractivity contribution in [2.75, 3.05) is 13.1 Å². The largest absolute Gasteiger partial charge is 0.298 e. The highest BCUT2D eigenvalue weighted by Gasteiger charge is 2.31. The van der Waals surface area contributed by atoms with Gasteiger partial charge in [-0.3, -0.25) is 9.69 Å². The highest BCUT2D eigenvalue weighted by atomic mass is 16.1. The van der Waals surface area contributed by atoms with Gasteiger partial charge in [0.05, 0.1) is 6.54 Å². The smallest absolute Gasteiger partial charge is 0.148 e. The summed E-state index contributed by atoms with van der Waals surface area (Å²) in [7, 11) is 0. The van der Waals surface area contributed by atoms with Crippen molar-refractivity contribution in [3.63, 3.8) is 0 Å². The van der Waals surface area contributed by atoms with Crippen molar-refractivity contribution in [2.45, 2.75) is 45.1 Å². The molecule has 0 bridgehead atoms. The fourth-order valence-corrected chi connectivity index (χ4v) is 2.78. The van der Waals surface area contributed by atoms with Gasteiger partial charge < -0.3 is 0 Å². The number of Topliss-reactive ketones (excluding diaryl/α,β-unsaturated/α-hetero) is 1. The molecule has 0 aromatic heterocycles. The van der Waals surface area contributed by atoms with Gasteiger partial charge in [-0.2, -0.15) is 0 Å². The first-order valence-electron chi connectivity index (χ1n) is 5.53. The predicted octanol–water partition coefficient (Wildman–Crippen LogP) is 1.84. The molecule has 1 saturated heterocycles. The van der Waals surface area contributed by atoms with Crippen LogP contribution in [0.15, 0.2) is 0 Å². The molecule has 2 heteroatoms. The molecule has 2 unspecified atom stereocenters. The number of hydrogen-bond donors (Lipinski definition) is 0. The second kappa shape index (κ2) is 3.79. The fourth-order valence-electron chi connectivity index (χ4n) is 2.78. The Labute approximate surface area is 80.3 Å². The Morgan fingerprint density at radius 1 is 1.31 bits per heavy atom. The summed E-state index contributed by atoms with van der Waals surface area (Å²) in [6.45, 7) is 4.09. The Morgan fingerprint density at radius 3 is 2.69 bits per heavy atom. The number of rotatable bonds is 1. The Kier molecular flexibility index (Phi) is 2.68. The summed E-state index contributed by atoms with van der Waals surface area (Å²) in [5, 5.41) is 0. The van der Waals surface area contributed by atoms with Gasteiger partial charge in [-0.05, 0) is 18.8 Å². The van der Waals surface area contributed by atoms with E-state index in [1.807, 2.05) is 0 Å². The Bertz CT molecular complexity index is 202. The number of hydrogen-bond acceptors (Lipinski definition) is 2. The van der Waals surface area contributed by atoms with Crippen LogP contribution in [0.2, 0.25) is 0 Å². The summed E-state index contributed by atoms with van der Waals surface area (Å²) in [5.74, 6) is 1.25. The fraction of sp³-hybridized carbons (Fsp3) is 0.909. The average Bonchev–Trinajstić information content (AvgIpc) is 2.53. The summed E-state index contributed by atoms with van der Waals surface area (Å²) in [6.07, 6.45) is 6.21. The first-order chi connectivity index (χ1) is 6.27. The lowest BCUT2D eigenvalue weighted by molar-refractivity contribution is -0.117. The lowest BCUT2D eigenvalue weighted by atomic mass is 9.85. The van der Waals surface area contributed by atoms with Crippen LogP contribution in [0.1, 0.15) is 39.0 Å². The summed E-state index contributed by atoms with van der Waals surface area (Å²) >= 11 is 0. The summed E-state index contributed by atoms with van der Waals surface area (Å²) in [4.78, 5) is 13.6. The molecule has 2 fully saturated rings. The van der Waals surface area contributed by atoms with Gasteiger partial charge in [-0.1, -0.05) is 19.8 Å². The van der Waals surface area contributed by atoms with Crippen molar-refractivity contribution >= 4 is 5.78 Å². The zero-order valence-electron chi connectivity index (χ0n) is 8.46. The van der Waals surface area contributed by atoms with Gasteiger partial charge in [-0.15, -0.1) is 0 Å². The highest BCUT2D eigenvalue weighted by molar-refractivity contribution is 5.82. The van der Waals surface area contributed by atoms with Crippen LogP contribution in [0.4, 0.5) is 0 Å². The van der Waals surface area contributed by atoms with Crippen LogP contribution in [0, 0.1) is 5.92 Å². The molecule has 1 aliphatic carbocycles. The number of nitrogens with zero attached hydrogens (tertiary/aromatic N) is 1. The van der Waals surface area contributed by atoms with E-state index >= 15 is 0 Å². The van der Waals surface area contributed by atoms with Gasteiger partial charge in [0.2, 0.25) is 0 Å². The van der Waals surface area contributed by atoms with Crippen LogP contribution < -0.4 is 0 Å². The molecule has 2 rings (SSSR count). The number of carbonyl (C=O) groups excluding carboxylic acids is 1. The van der Waals surface area contributed by atoms with Crippen LogP contribution in [0.25, 0.3) is 0 Å². The first-order valence-corrected chi connectivity index (χ1v) is 5.53. The molecular formula is C11H19NO. The molecule has 0 amide bonds. The van der Waals surface area contributed by atoms with E-state index in [-0.39, 0.29) is 0 Å². The minimum atomic E-state index is 0.442. The highest BCUT2D eigenvalue weighted by Crippen LogP contribution is 2.29. The summed E-state index contributed by atoms with van der Waals surface area (Å²) in [5.41, 5.74) is 0. The molecule has 2 atom stereocenters. The van der Waals surface area contributed by atoms with Gasteiger partial charge >= 0.3 is 0 Å². The topological polar surface area (TPSA) is 20.3 Å². The monoisotopic (exact) mass is 181 g/mol. The maximum Gasteiger partial charge on any atom is 0.148 e. The number of carbonyl (C=O) groups is 1. The van der Waals surface area contributed by atoms with E-state index in [1.54, 1.807) is 0 Å². The minimum Gasteiger partial charge on any atom is -0.298 e. The van der Waals surface area contributed by atoms with Crippen LogP contribution in [-0.2, 0) is 4.79 Å². The molecule has 0 N–H and O–H groups in total. The van der Waals surface area contributed by atoms with Crippen molar-refractivity contribution in [1.29, 1.82) is 0 Å². The van der Waals surface area contributed by atoms with Gasteiger partial charge in [0.1, 0.15) is 5.78 Å². The molecule has 0 spiro atoms. The maximum atomic E-state index is 11.2. The molecule has 1 saturated carbocycles. The van der Waals surface area contributed by atoms with Gasteiger partial charge in [0.25, 0.3) is 0 Å². The van der Waals surface area contributed by atoms with Gasteiger partial charge in [0, 0.05) is 19.0 Å². The zero-order valence-corrected chi connectivity index (χ0v) is 8.46. The van der Waals surface area contributed by atoms with E-state index in [0.717, 1.165) is 25.4 Å². The normalized spacial score (nSPS) is 36.8. The van der Waals surface area contributed by atoms with E-state index < -0.39 is 0 Å². The third-order valence-electron chi connectivity index (χ3n) is 3.59. The Hall–Kier alpha value is -0.370. The quantitative estimate of drug-likeness (QED) is 0.615. The minimum absolute atomic E-state index is 0.442. The van der Waals surface area contributed by atoms with Crippen LogP contribution in [-0.4, -0.2) is 29.8 Å². The molecule has 1 heterocycles. The molecule has 0 aromatic rings. The van der Waals surface area contributed by atoms with Crippen LogP contribution >= 0.6 is 0 Å². The van der Waals surface area contributed by atoms with Crippen molar-refractivity contribution in [2.24, 2.45) is 5.92 Å². The SMILES string of the molecule is CC1CCCCC1N1CCC(=O)C1.